The minimum Gasteiger partial charge on any atom is -0.361 e. The molecule has 0 radical (unpaired) electrons. The molecule has 100 valence electrons. The number of carbonyl (C=O) groups excluding carboxylic acids is 4. The number of rotatable bonds is 1. The molecule has 0 bridgehead atoms. The van der Waals surface area contributed by atoms with Crippen LogP contribution >= 0.6 is 0 Å². The van der Waals surface area contributed by atoms with Crippen LogP contribution in [0.4, 0.5) is 4.39 Å². The van der Waals surface area contributed by atoms with Crippen molar-refractivity contribution in [3.05, 3.63) is 35.8 Å². The van der Waals surface area contributed by atoms with Crippen molar-refractivity contribution in [1.82, 2.24) is 4.98 Å². The minimum atomic E-state index is -1.46. The van der Waals surface area contributed by atoms with Crippen LogP contribution in [-0.2, 0) is 19.2 Å². The third kappa shape index (κ3) is 1.69. The molecule has 1 aromatic heterocycles. The Morgan fingerprint density at radius 3 is 2.35 bits per heavy atom. The summed E-state index contributed by atoms with van der Waals surface area (Å²) in [5.41, 5.74) is 0.684. The third-order valence-electron chi connectivity index (χ3n) is 3.38. The number of Topliss-reactive ketones (excluding diaryl/α,β-unsaturated/α-hetero) is 4. The standard InChI is InChI=1S/C14H8FNO4/c15-6-1-2-9-7(3-6)8(5-16-9)12-13(19)10(17)4-11(18)14(12)20/h1-3,5,12,16H,4H2. The zero-order chi connectivity index (χ0) is 14.4. The zero-order valence-electron chi connectivity index (χ0n) is 10.1. The van der Waals surface area contributed by atoms with Crippen LogP contribution in [0.25, 0.3) is 10.9 Å². The number of ketones is 4. The molecule has 0 saturated heterocycles. The van der Waals surface area contributed by atoms with E-state index in [1.807, 2.05) is 0 Å². The van der Waals surface area contributed by atoms with Crippen LogP contribution in [-0.4, -0.2) is 28.1 Å². The van der Waals surface area contributed by atoms with Crippen molar-refractivity contribution >= 4 is 34.0 Å². The van der Waals surface area contributed by atoms with Gasteiger partial charge in [-0.1, -0.05) is 0 Å². The van der Waals surface area contributed by atoms with E-state index in [0.29, 0.717) is 10.9 Å². The number of nitrogens with one attached hydrogen (secondary N) is 1. The molecule has 1 aliphatic carbocycles. The van der Waals surface area contributed by atoms with Gasteiger partial charge in [-0.05, 0) is 23.8 Å². The van der Waals surface area contributed by atoms with E-state index < -0.39 is 41.3 Å². The Hall–Kier alpha value is -2.63. The first-order valence-electron chi connectivity index (χ1n) is 5.89. The minimum absolute atomic E-state index is 0.163. The molecule has 1 saturated carbocycles. The summed E-state index contributed by atoms with van der Waals surface area (Å²) in [6.07, 6.45) is 0.682. The molecule has 5 nitrogen and oxygen atoms in total. The highest BCUT2D eigenvalue weighted by Crippen LogP contribution is 2.30. The number of benzene rings is 1. The third-order valence-corrected chi connectivity index (χ3v) is 3.38. The van der Waals surface area contributed by atoms with Gasteiger partial charge in [0.25, 0.3) is 0 Å². The second kappa shape index (κ2) is 4.19. The fourth-order valence-electron chi connectivity index (χ4n) is 2.40. The number of H-pyrrole nitrogens is 1. The molecule has 0 amide bonds. The van der Waals surface area contributed by atoms with Gasteiger partial charge in [-0.3, -0.25) is 19.2 Å². The van der Waals surface area contributed by atoms with Crippen LogP contribution in [0, 0.1) is 5.82 Å². The number of fused-ring (bicyclic) bond motifs is 1. The summed E-state index contributed by atoms with van der Waals surface area (Å²) in [5.74, 6) is -5.60. The Labute approximate surface area is 111 Å². The van der Waals surface area contributed by atoms with Crippen molar-refractivity contribution in [2.75, 3.05) is 0 Å². The average molecular weight is 273 g/mol. The molecule has 6 heteroatoms. The topological polar surface area (TPSA) is 84.1 Å². The molecule has 2 aromatic rings. The predicted octanol–water partition coefficient (Wildman–Crippen LogP) is 1.07. The van der Waals surface area contributed by atoms with Crippen molar-refractivity contribution in [2.24, 2.45) is 0 Å². The summed E-state index contributed by atoms with van der Waals surface area (Å²) in [7, 11) is 0. The average Bonchev–Trinajstić information content (AvgIpc) is 2.80. The molecular formula is C14H8FNO4. The number of hydrogen-bond acceptors (Lipinski definition) is 4. The Morgan fingerprint density at radius 1 is 1.05 bits per heavy atom. The lowest BCUT2D eigenvalue weighted by Crippen LogP contribution is -2.40. The van der Waals surface area contributed by atoms with E-state index in [2.05, 4.69) is 4.98 Å². The fourth-order valence-corrected chi connectivity index (χ4v) is 2.40. The summed E-state index contributed by atoms with van der Waals surface area (Å²) in [6, 6.07) is 3.84. The number of aromatic nitrogens is 1. The van der Waals surface area contributed by atoms with Gasteiger partial charge >= 0.3 is 0 Å². The number of aromatic amines is 1. The molecule has 0 aliphatic heterocycles. The van der Waals surface area contributed by atoms with Crippen molar-refractivity contribution in [3.8, 4) is 0 Å². The van der Waals surface area contributed by atoms with Crippen molar-refractivity contribution in [3.63, 3.8) is 0 Å². The van der Waals surface area contributed by atoms with Gasteiger partial charge in [0.2, 0.25) is 23.1 Å². The predicted molar refractivity (Wildman–Crippen MR) is 65.6 cm³/mol. The summed E-state index contributed by atoms with van der Waals surface area (Å²) >= 11 is 0. The van der Waals surface area contributed by atoms with Crippen LogP contribution in [0.15, 0.2) is 24.4 Å². The van der Waals surface area contributed by atoms with Gasteiger partial charge in [0.05, 0.1) is 6.42 Å². The maximum absolute atomic E-state index is 13.3. The molecule has 0 atom stereocenters. The van der Waals surface area contributed by atoms with Gasteiger partial charge in [-0.15, -0.1) is 0 Å². The molecule has 1 aromatic carbocycles. The SMILES string of the molecule is O=C1CC(=O)C(=O)C(c2c[nH]c3ccc(F)cc23)C1=O. The van der Waals surface area contributed by atoms with Gasteiger partial charge in [-0.25, -0.2) is 4.39 Å². The Kier molecular flexibility index (Phi) is 2.60. The monoisotopic (exact) mass is 273 g/mol. The zero-order valence-corrected chi connectivity index (χ0v) is 10.1. The largest absolute Gasteiger partial charge is 0.361 e. The van der Waals surface area contributed by atoms with Crippen molar-refractivity contribution < 1.29 is 23.6 Å². The van der Waals surface area contributed by atoms with E-state index in [1.54, 1.807) is 0 Å². The van der Waals surface area contributed by atoms with Gasteiger partial charge in [0.1, 0.15) is 11.7 Å². The lowest BCUT2D eigenvalue weighted by atomic mass is 9.80. The van der Waals surface area contributed by atoms with E-state index in [9.17, 15) is 23.6 Å². The van der Waals surface area contributed by atoms with E-state index in [4.69, 9.17) is 0 Å². The van der Waals surface area contributed by atoms with Gasteiger partial charge < -0.3 is 4.98 Å². The van der Waals surface area contributed by atoms with Crippen LogP contribution in [0.1, 0.15) is 17.9 Å². The van der Waals surface area contributed by atoms with Gasteiger partial charge in [-0.2, -0.15) is 0 Å². The van der Waals surface area contributed by atoms with E-state index in [1.165, 1.54) is 18.3 Å². The van der Waals surface area contributed by atoms with Crippen LogP contribution in [0.2, 0.25) is 0 Å². The van der Waals surface area contributed by atoms with E-state index in [-0.39, 0.29) is 5.56 Å². The molecule has 20 heavy (non-hydrogen) atoms. The first kappa shape index (κ1) is 12.4. The summed E-state index contributed by atoms with van der Waals surface area (Å²) in [6.45, 7) is 0. The molecule has 1 heterocycles. The van der Waals surface area contributed by atoms with Crippen LogP contribution in [0.3, 0.4) is 0 Å². The maximum Gasteiger partial charge on any atom is 0.214 e. The van der Waals surface area contributed by atoms with Crippen LogP contribution in [0.5, 0.6) is 0 Å². The highest BCUT2D eigenvalue weighted by atomic mass is 19.1. The molecule has 0 spiro atoms. The van der Waals surface area contributed by atoms with E-state index >= 15 is 0 Å². The Bertz CT molecular complexity index is 764. The first-order chi connectivity index (χ1) is 9.49. The molecule has 1 aliphatic rings. The molecule has 1 N–H and O–H groups in total. The summed E-state index contributed by atoms with van der Waals surface area (Å²) in [5, 5.41) is 0.319. The number of carbonyl (C=O) groups is 4. The van der Waals surface area contributed by atoms with Gasteiger partial charge in [0, 0.05) is 17.1 Å². The molecular weight excluding hydrogens is 265 g/mol. The van der Waals surface area contributed by atoms with E-state index in [0.717, 1.165) is 6.07 Å². The smallest absolute Gasteiger partial charge is 0.214 e. The molecule has 3 rings (SSSR count). The molecule has 1 fully saturated rings. The van der Waals surface area contributed by atoms with Crippen molar-refractivity contribution in [2.45, 2.75) is 12.3 Å². The highest BCUT2D eigenvalue weighted by molar-refractivity contribution is 6.61. The highest BCUT2D eigenvalue weighted by Gasteiger charge is 2.43. The Morgan fingerprint density at radius 2 is 1.70 bits per heavy atom. The lowest BCUT2D eigenvalue weighted by molar-refractivity contribution is -0.149. The van der Waals surface area contributed by atoms with Crippen LogP contribution < -0.4 is 0 Å². The maximum atomic E-state index is 13.3. The second-order valence-corrected chi connectivity index (χ2v) is 4.62. The summed E-state index contributed by atoms with van der Waals surface area (Å²) < 4.78 is 13.3. The number of hydrogen-bond donors (Lipinski definition) is 1. The number of halogens is 1. The fraction of sp³-hybridized carbons (Fsp3) is 0.143. The molecule has 0 unspecified atom stereocenters. The normalized spacial score (nSPS) is 17.2. The first-order valence-corrected chi connectivity index (χ1v) is 5.89. The van der Waals surface area contributed by atoms with Gasteiger partial charge in [0.15, 0.2) is 0 Å². The second-order valence-electron chi connectivity index (χ2n) is 4.62. The lowest BCUT2D eigenvalue weighted by Gasteiger charge is -2.16. The summed E-state index contributed by atoms with van der Waals surface area (Å²) in [4.78, 5) is 49.4. The Balaban J connectivity index is 2.20. The quantitative estimate of drug-likeness (QED) is 0.622. The van der Waals surface area contributed by atoms with Crippen molar-refractivity contribution in [1.29, 1.82) is 0 Å².